The van der Waals surface area contributed by atoms with Crippen molar-refractivity contribution in [1.82, 2.24) is 4.90 Å². The van der Waals surface area contributed by atoms with E-state index in [1.807, 2.05) is 6.07 Å². The van der Waals surface area contributed by atoms with Gasteiger partial charge in [-0.25, -0.2) is 0 Å². The summed E-state index contributed by atoms with van der Waals surface area (Å²) in [5.41, 5.74) is 5.49. The lowest BCUT2D eigenvalue weighted by atomic mass is 10.4. The van der Waals surface area contributed by atoms with Crippen molar-refractivity contribution in [3.05, 3.63) is 20.8 Å². The molecule has 1 heterocycles. The maximum atomic E-state index is 8.86. The van der Waals surface area contributed by atoms with E-state index < -0.39 is 0 Å². The number of aliphatic hydroxyl groups excluding tert-OH is 1. The first-order valence-corrected chi connectivity index (χ1v) is 6.14. The Balaban J connectivity index is 2.46. The molecule has 1 aromatic rings. The minimum Gasteiger partial charge on any atom is -0.395 e. The van der Waals surface area contributed by atoms with Crippen LogP contribution in [0.25, 0.3) is 0 Å². The molecular weight excluding hydrogens is 264 g/mol. The Labute approximate surface area is 96.7 Å². The molecule has 0 aliphatic heterocycles. The Kier molecular flexibility index (Phi) is 5.66. The summed E-state index contributed by atoms with van der Waals surface area (Å²) < 4.78 is 1.14. The van der Waals surface area contributed by atoms with Crippen LogP contribution < -0.4 is 5.73 Å². The van der Waals surface area contributed by atoms with Crippen molar-refractivity contribution >= 4 is 27.3 Å². The number of hydrogen-bond acceptors (Lipinski definition) is 4. The van der Waals surface area contributed by atoms with Crippen LogP contribution in [-0.4, -0.2) is 36.2 Å². The van der Waals surface area contributed by atoms with E-state index in [4.69, 9.17) is 10.8 Å². The molecule has 0 saturated heterocycles. The average Bonchev–Trinajstić information content (AvgIpc) is 2.52. The van der Waals surface area contributed by atoms with E-state index in [1.54, 1.807) is 11.3 Å². The molecule has 0 bridgehead atoms. The van der Waals surface area contributed by atoms with Gasteiger partial charge < -0.3 is 10.8 Å². The summed E-state index contributed by atoms with van der Waals surface area (Å²) in [5, 5.41) is 8.86. The van der Waals surface area contributed by atoms with E-state index >= 15 is 0 Å². The lowest BCUT2D eigenvalue weighted by Gasteiger charge is -2.19. The fraction of sp³-hybridized carbons (Fsp3) is 0.556. The molecule has 0 aliphatic rings. The second-order valence-corrected chi connectivity index (χ2v) is 5.54. The lowest BCUT2D eigenvalue weighted by molar-refractivity contribution is 0.195. The fourth-order valence-electron chi connectivity index (χ4n) is 1.25. The summed E-state index contributed by atoms with van der Waals surface area (Å²) in [6.45, 7) is 3.20. The molecule has 14 heavy (non-hydrogen) atoms. The molecule has 0 unspecified atom stereocenters. The molecule has 0 fully saturated rings. The third-order valence-electron chi connectivity index (χ3n) is 1.87. The van der Waals surface area contributed by atoms with Gasteiger partial charge in [0.15, 0.2) is 0 Å². The standard InChI is InChI=1S/C9H15BrN2OS/c10-9-2-1-8(14-9)7-12(4-3-11)5-6-13/h1-2,13H,3-7,11H2. The number of aliphatic hydroxyl groups is 1. The van der Waals surface area contributed by atoms with Crippen molar-refractivity contribution < 1.29 is 5.11 Å². The van der Waals surface area contributed by atoms with E-state index in [0.717, 1.165) is 16.9 Å². The monoisotopic (exact) mass is 278 g/mol. The summed E-state index contributed by atoms with van der Waals surface area (Å²) in [4.78, 5) is 3.44. The smallest absolute Gasteiger partial charge is 0.0701 e. The van der Waals surface area contributed by atoms with Crippen LogP contribution in [-0.2, 0) is 6.54 Å². The zero-order valence-electron chi connectivity index (χ0n) is 7.95. The van der Waals surface area contributed by atoms with Crippen molar-refractivity contribution in [2.75, 3.05) is 26.2 Å². The molecule has 3 N–H and O–H groups in total. The molecule has 0 saturated carbocycles. The summed E-state index contributed by atoms with van der Waals surface area (Å²) >= 11 is 5.15. The molecule has 0 radical (unpaired) electrons. The number of rotatable bonds is 6. The Morgan fingerprint density at radius 1 is 1.43 bits per heavy atom. The van der Waals surface area contributed by atoms with Gasteiger partial charge >= 0.3 is 0 Å². The normalized spacial score (nSPS) is 11.1. The van der Waals surface area contributed by atoms with Crippen LogP contribution in [0.4, 0.5) is 0 Å². The molecule has 0 amide bonds. The molecule has 3 nitrogen and oxygen atoms in total. The first-order chi connectivity index (χ1) is 6.76. The van der Waals surface area contributed by atoms with Crippen LogP contribution >= 0.6 is 27.3 Å². The van der Waals surface area contributed by atoms with Crippen molar-refractivity contribution in [2.24, 2.45) is 5.73 Å². The third-order valence-corrected chi connectivity index (χ3v) is 3.48. The van der Waals surface area contributed by atoms with Crippen molar-refractivity contribution in [3.63, 3.8) is 0 Å². The van der Waals surface area contributed by atoms with Crippen LogP contribution in [0.1, 0.15) is 4.88 Å². The molecule has 0 spiro atoms. The Morgan fingerprint density at radius 3 is 2.71 bits per heavy atom. The maximum Gasteiger partial charge on any atom is 0.0701 e. The predicted octanol–water partition coefficient (Wildman–Crippen LogP) is 1.26. The van der Waals surface area contributed by atoms with Crippen LogP contribution in [0.5, 0.6) is 0 Å². The van der Waals surface area contributed by atoms with Gasteiger partial charge in [-0.15, -0.1) is 11.3 Å². The second kappa shape index (κ2) is 6.53. The largest absolute Gasteiger partial charge is 0.395 e. The highest BCUT2D eigenvalue weighted by Crippen LogP contribution is 2.23. The molecule has 0 atom stereocenters. The Hall–Kier alpha value is 0.0600. The maximum absolute atomic E-state index is 8.86. The topological polar surface area (TPSA) is 49.5 Å². The highest BCUT2D eigenvalue weighted by Gasteiger charge is 2.05. The van der Waals surface area contributed by atoms with Gasteiger partial charge in [-0.05, 0) is 28.1 Å². The first-order valence-electron chi connectivity index (χ1n) is 4.53. The van der Waals surface area contributed by atoms with E-state index in [-0.39, 0.29) is 6.61 Å². The van der Waals surface area contributed by atoms with Crippen LogP contribution in [0.2, 0.25) is 0 Å². The van der Waals surface area contributed by atoms with Gasteiger partial charge in [0.05, 0.1) is 10.4 Å². The SMILES string of the molecule is NCCN(CCO)Cc1ccc(Br)s1. The first kappa shape index (κ1) is 12.1. The molecule has 0 aliphatic carbocycles. The minimum atomic E-state index is 0.187. The Bertz CT molecular complexity index is 261. The van der Waals surface area contributed by atoms with E-state index in [1.165, 1.54) is 4.88 Å². The number of nitrogens with zero attached hydrogens (tertiary/aromatic N) is 1. The predicted molar refractivity (Wildman–Crippen MR) is 63.4 cm³/mol. The van der Waals surface area contributed by atoms with Crippen molar-refractivity contribution in [1.29, 1.82) is 0 Å². The van der Waals surface area contributed by atoms with Crippen molar-refractivity contribution in [3.8, 4) is 0 Å². The van der Waals surface area contributed by atoms with E-state index in [2.05, 4.69) is 26.9 Å². The van der Waals surface area contributed by atoms with Crippen LogP contribution in [0, 0.1) is 0 Å². The van der Waals surface area contributed by atoms with Gasteiger partial charge in [-0.1, -0.05) is 0 Å². The van der Waals surface area contributed by atoms with Gasteiger partial charge in [-0.2, -0.15) is 0 Å². The molecule has 0 aromatic carbocycles. The van der Waals surface area contributed by atoms with Gasteiger partial charge in [-0.3, -0.25) is 4.90 Å². The second-order valence-electron chi connectivity index (χ2n) is 2.99. The number of hydrogen-bond donors (Lipinski definition) is 2. The van der Waals surface area contributed by atoms with Gasteiger partial charge in [0.25, 0.3) is 0 Å². The zero-order chi connectivity index (χ0) is 10.4. The minimum absolute atomic E-state index is 0.187. The Morgan fingerprint density at radius 2 is 2.21 bits per heavy atom. The van der Waals surface area contributed by atoms with Gasteiger partial charge in [0.1, 0.15) is 0 Å². The van der Waals surface area contributed by atoms with Gasteiger partial charge in [0.2, 0.25) is 0 Å². The summed E-state index contributed by atoms with van der Waals surface area (Å²) in [5.74, 6) is 0. The number of nitrogens with two attached hydrogens (primary N) is 1. The number of thiophene rings is 1. The lowest BCUT2D eigenvalue weighted by Crippen LogP contribution is -2.31. The molecule has 5 heteroatoms. The third kappa shape index (κ3) is 4.06. The molecule has 1 aromatic heterocycles. The number of halogens is 1. The van der Waals surface area contributed by atoms with Crippen molar-refractivity contribution in [2.45, 2.75) is 6.54 Å². The van der Waals surface area contributed by atoms with Crippen LogP contribution in [0.15, 0.2) is 15.9 Å². The van der Waals surface area contributed by atoms with E-state index in [0.29, 0.717) is 13.1 Å². The molecular formula is C9H15BrN2OS. The van der Waals surface area contributed by atoms with E-state index in [9.17, 15) is 0 Å². The highest BCUT2D eigenvalue weighted by atomic mass is 79.9. The molecule has 1 rings (SSSR count). The van der Waals surface area contributed by atoms with Crippen LogP contribution in [0.3, 0.4) is 0 Å². The highest BCUT2D eigenvalue weighted by molar-refractivity contribution is 9.11. The summed E-state index contributed by atoms with van der Waals surface area (Å²) in [6.07, 6.45) is 0. The average molecular weight is 279 g/mol. The summed E-state index contributed by atoms with van der Waals surface area (Å²) in [6, 6.07) is 4.13. The molecule has 80 valence electrons. The quantitative estimate of drug-likeness (QED) is 0.824. The fourth-order valence-corrected chi connectivity index (χ4v) is 2.78. The summed E-state index contributed by atoms with van der Waals surface area (Å²) in [7, 11) is 0. The van der Waals surface area contributed by atoms with Gasteiger partial charge in [0, 0.05) is 31.1 Å². The zero-order valence-corrected chi connectivity index (χ0v) is 10.4.